The predicted octanol–water partition coefficient (Wildman–Crippen LogP) is 1.95. The molecule has 154 valence electrons. The first-order valence-corrected chi connectivity index (χ1v) is 9.50. The topological polar surface area (TPSA) is 59.8 Å². The molecule has 0 aromatic carbocycles. The molecule has 1 saturated heterocycles. The molecule has 2 aliphatic rings. The molecule has 27 heavy (non-hydrogen) atoms. The molecule has 0 unspecified atom stereocenters. The average Bonchev–Trinajstić information content (AvgIpc) is 3.04. The number of halogens is 3. The number of hydrogen-bond donors (Lipinski definition) is 1. The highest BCUT2D eigenvalue weighted by atomic mass is 19.4. The second-order valence-corrected chi connectivity index (χ2v) is 7.62. The lowest BCUT2D eigenvalue weighted by Crippen LogP contribution is -2.38. The molecular weight excluding hydrogens is 363 g/mol. The zero-order chi connectivity index (χ0) is 19.4. The highest BCUT2D eigenvalue weighted by Crippen LogP contribution is 2.30. The molecule has 3 heterocycles. The quantitative estimate of drug-likeness (QED) is 0.770. The molecule has 1 aromatic heterocycles. The Hall–Kier alpha value is -1.16. The number of fused-ring (bicyclic) bond motifs is 1. The minimum atomic E-state index is -4.40. The van der Waals surface area contributed by atoms with Gasteiger partial charge in [-0.25, -0.2) is 4.98 Å². The lowest BCUT2D eigenvalue weighted by atomic mass is 9.99. The Bertz CT molecular complexity index is 602. The first-order valence-electron chi connectivity index (χ1n) is 9.50. The van der Waals surface area contributed by atoms with E-state index < -0.39 is 18.0 Å². The van der Waals surface area contributed by atoms with Gasteiger partial charge in [0.15, 0.2) is 5.69 Å². The van der Waals surface area contributed by atoms with E-state index in [0.717, 1.165) is 25.5 Å². The number of aromatic nitrogens is 2. The summed E-state index contributed by atoms with van der Waals surface area (Å²) < 4.78 is 51.0. The smallest absolute Gasteiger partial charge is 0.389 e. The van der Waals surface area contributed by atoms with E-state index in [-0.39, 0.29) is 12.0 Å². The molecule has 2 aliphatic heterocycles. The second-order valence-electron chi connectivity index (χ2n) is 7.62. The molecule has 1 fully saturated rings. The number of imidazole rings is 1. The number of aliphatic hydroxyl groups is 1. The van der Waals surface area contributed by atoms with Crippen LogP contribution in [0.3, 0.4) is 0 Å². The van der Waals surface area contributed by atoms with Crippen molar-refractivity contribution in [2.75, 3.05) is 40.0 Å². The Labute approximate surface area is 157 Å². The number of hydrogen-bond acceptors (Lipinski definition) is 5. The van der Waals surface area contributed by atoms with Crippen LogP contribution in [0.1, 0.15) is 30.8 Å². The zero-order valence-electron chi connectivity index (χ0n) is 15.6. The van der Waals surface area contributed by atoms with Crippen molar-refractivity contribution >= 4 is 0 Å². The van der Waals surface area contributed by atoms with Gasteiger partial charge in [0.25, 0.3) is 0 Å². The summed E-state index contributed by atoms with van der Waals surface area (Å²) in [4.78, 5) is 5.73. The molecule has 0 saturated carbocycles. The summed E-state index contributed by atoms with van der Waals surface area (Å²) in [5.41, 5.74) is -0.813. The van der Waals surface area contributed by atoms with Gasteiger partial charge in [0.2, 0.25) is 0 Å². The van der Waals surface area contributed by atoms with Gasteiger partial charge in [0.05, 0.1) is 18.8 Å². The molecule has 3 rings (SSSR count). The largest absolute Gasteiger partial charge is 0.434 e. The van der Waals surface area contributed by atoms with Crippen molar-refractivity contribution in [2.45, 2.75) is 50.6 Å². The van der Waals surface area contributed by atoms with Gasteiger partial charge in [0.1, 0.15) is 5.82 Å². The first-order chi connectivity index (χ1) is 12.8. The van der Waals surface area contributed by atoms with Crippen molar-refractivity contribution in [3.63, 3.8) is 0 Å². The molecule has 0 spiro atoms. The van der Waals surface area contributed by atoms with Crippen molar-refractivity contribution in [3.05, 3.63) is 17.7 Å². The van der Waals surface area contributed by atoms with Crippen LogP contribution in [0, 0.1) is 5.92 Å². The van der Waals surface area contributed by atoms with Crippen molar-refractivity contribution in [1.82, 2.24) is 14.5 Å². The third-order valence-electron chi connectivity index (χ3n) is 5.17. The van der Waals surface area contributed by atoms with E-state index in [0.29, 0.717) is 51.7 Å². The lowest BCUT2D eigenvalue weighted by Gasteiger charge is -2.29. The minimum Gasteiger partial charge on any atom is -0.389 e. The van der Waals surface area contributed by atoms with Crippen LogP contribution in [-0.2, 0) is 28.6 Å². The summed E-state index contributed by atoms with van der Waals surface area (Å²) in [5, 5.41) is 10.2. The van der Waals surface area contributed by atoms with Crippen molar-refractivity contribution in [3.8, 4) is 0 Å². The van der Waals surface area contributed by atoms with Crippen LogP contribution in [-0.4, -0.2) is 71.7 Å². The SMILES string of the molecule is CN(C[C@H](O)COC1CCOCC1)C[C@H]1CCc2nc(C(F)(F)F)cn2C1. The molecule has 9 heteroatoms. The van der Waals surface area contributed by atoms with Gasteiger partial charge in [-0.2, -0.15) is 13.2 Å². The number of aryl methyl sites for hydroxylation is 1. The van der Waals surface area contributed by atoms with Crippen molar-refractivity contribution in [2.24, 2.45) is 5.92 Å². The van der Waals surface area contributed by atoms with Crippen LogP contribution in [0.15, 0.2) is 6.20 Å². The third-order valence-corrected chi connectivity index (χ3v) is 5.17. The van der Waals surface area contributed by atoms with E-state index in [4.69, 9.17) is 9.47 Å². The number of rotatable bonds is 7. The molecule has 1 N–H and O–H groups in total. The van der Waals surface area contributed by atoms with E-state index >= 15 is 0 Å². The Morgan fingerprint density at radius 2 is 2.11 bits per heavy atom. The van der Waals surface area contributed by atoms with Gasteiger partial charge >= 0.3 is 6.18 Å². The molecule has 0 aliphatic carbocycles. The third kappa shape index (κ3) is 5.91. The second kappa shape index (κ2) is 8.89. The molecule has 0 amide bonds. The summed E-state index contributed by atoms with van der Waals surface area (Å²) in [7, 11) is 1.92. The van der Waals surface area contributed by atoms with E-state index in [2.05, 4.69) is 4.98 Å². The van der Waals surface area contributed by atoms with Crippen LogP contribution in [0.5, 0.6) is 0 Å². The Balaban J connectivity index is 1.41. The van der Waals surface area contributed by atoms with Gasteiger partial charge in [-0.3, -0.25) is 0 Å². The van der Waals surface area contributed by atoms with Gasteiger partial charge in [-0.1, -0.05) is 0 Å². The number of nitrogens with zero attached hydrogens (tertiary/aromatic N) is 3. The molecular formula is C18H28F3N3O3. The van der Waals surface area contributed by atoms with E-state index in [1.165, 1.54) is 0 Å². The summed E-state index contributed by atoms with van der Waals surface area (Å²) in [6, 6.07) is 0. The average molecular weight is 391 g/mol. The van der Waals surface area contributed by atoms with E-state index in [9.17, 15) is 18.3 Å². The van der Waals surface area contributed by atoms with E-state index in [1.807, 2.05) is 11.9 Å². The van der Waals surface area contributed by atoms with Crippen LogP contribution < -0.4 is 0 Å². The Kier molecular flexibility index (Phi) is 6.78. The number of likely N-dealkylation sites (N-methyl/N-ethyl adjacent to an activating group) is 1. The Morgan fingerprint density at radius 1 is 1.37 bits per heavy atom. The molecule has 0 bridgehead atoms. The van der Waals surface area contributed by atoms with Gasteiger partial charge in [0, 0.05) is 45.5 Å². The first kappa shape index (κ1) is 20.6. The maximum atomic E-state index is 12.8. The number of ether oxygens (including phenoxy) is 2. The fourth-order valence-electron chi connectivity index (χ4n) is 3.82. The van der Waals surface area contributed by atoms with Gasteiger partial charge in [-0.15, -0.1) is 0 Å². The monoisotopic (exact) mass is 391 g/mol. The van der Waals surface area contributed by atoms with Crippen LogP contribution in [0.25, 0.3) is 0 Å². The van der Waals surface area contributed by atoms with Crippen LogP contribution in [0.2, 0.25) is 0 Å². The molecule has 2 atom stereocenters. The van der Waals surface area contributed by atoms with Gasteiger partial charge < -0.3 is 24.0 Å². The predicted molar refractivity (Wildman–Crippen MR) is 92.3 cm³/mol. The molecule has 0 radical (unpaired) electrons. The lowest BCUT2D eigenvalue weighted by molar-refractivity contribution is -0.141. The highest BCUT2D eigenvalue weighted by Gasteiger charge is 2.35. The van der Waals surface area contributed by atoms with Crippen molar-refractivity contribution < 1.29 is 27.8 Å². The summed E-state index contributed by atoms with van der Waals surface area (Å²) in [6.07, 6.45) is -0.655. The fraction of sp³-hybridized carbons (Fsp3) is 0.833. The van der Waals surface area contributed by atoms with Crippen LogP contribution in [0.4, 0.5) is 13.2 Å². The molecule has 1 aromatic rings. The summed E-state index contributed by atoms with van der Waals surface area (Å²) in [6.45, 7) is 3.42. The summed E-state index contributed by atoms with van der Waals surface area (Å²) in [5.74, 6) is 0.743. The zero-order valence-corrected chi connectivity index (χ0v) is 15.6. The minimum absolute atomic E-state index is 0.152. The standard InChI is InChI=1S/C18H28F3N3O3/c1-23(10-14(25)12-27-15-4-6-26-7-5-15)8-13-2-3-17-22-16(18(19,20)21)11-24(17)9-13/h11,13-15,25H,2-10,12H2,1H3/t13-,14+/m1/s1. The van der Waals surface area contributed by atoms with E-state index in [1.54, 1.807) is 4.57 Å². The van der Waals surface area contributed by atoms with Crippen molar-refractivity contribution in [1.29, 1.82) is 0 Å². The van der Waals surface area contributed by atoms with Gasteiger partial charge in [-0.05, 0) is 32.2 Å². The molecule has 6 nitrogen and oxygen atoms in total. The maximum absolute atomic E-state index is 12.8. The number of alkyl halides is 3. The van der Waals surface area contributed by atoms with Crippen LogP contribution >= 0.6 is 0 Å². The Morgan fingerprint density at radius 3 is 2.81 bits per heavy atom. The normalized spacial score (nSPS) is 22.8. The fourth-order valence-corrected chi connectivity index (χ4v) is 3.82. The number of aliphatic hydroxyl groups excluding tert-OH is 1. The summed E-state index contributed by atoms with van der Waals surface area (Å²) >= 11 is 0. The highest BCUT2D eigenvalue weighted by molar-refractivity contribution is 5.09. The maximum Gasteiger partial charge on any atom is 0.434 e.